The number of rotatable bonds is 32. The van der Waals surface area contributed by atoms with Crippen molar-refractivity contribution in [2.75, 3.05) is 79.3 Å². The lowest BCUT2D eigenvalue weighted by Gasteiger charge is -2.15. The first-order valence-corrected chi connectivity index (χ1v) is 20.7. The minimum Gasteiger partial charge on any atom is -0.396 e. The van der Waals surface area contributed by atoms with Crippen molar-refractivity contribution in [3.63, 3.8) is 0 Å². The lowest BCUT2D eigenvalue weighted by molar-refractivity contribution is 0.110. The van der Waals surface area contributed by atoms with E-state index < -0.39 is 65.5 Å². The highest BCUT2D eigenvalue weighted by Crippen LogP contribution is 2.47. The summed E-state index contributed by atoms with van der Waals surface area (Å²) in [5.74, 6) is 0. The second-order valence-corrected chi connectivity index (χ2v) is 15.5. The Morgan fingerprint density at radius 3 is 0.556 bits per heavy atom. The molecule has 4 atom stereocenters. The maximum atomic E-state index is 11.9. The second-order valence-electron chi connectivity index (χ2n) is 8.24. The third-order valence-corrected chi connectivity index (χ3v) is 9.39. The lowest BCUT2D eigenvalue weighted by Crippen LogP contribution is -2.06. The highest BCUT2D eigenvalue weighted by Gasteiger charge is 2.25. The van der Waals surface area contributed by atoms with Crippen LogP contribution < -0.4 is 0 Å². The van der Waals surface area contributed by atoms with Crippen LogP contribution >= 0.6 is 39.1 Å². The Labute approximate surface area is 259 Å². The molecule has 0 aliphatic carbocycles. The molecule has 0 aromatic rings. The molecule has 0 aromatic carbocycles. The van der Waals surface area contributed by atoms with Gasteiger partial charge in [0.2, 0.25) is 0 Å². The fourth-order valence-corrected chi connectivity index (χ4v) is 6.32. The monoisotopic (exact) mass is 766 g/mol. The van der Waals surface area contributed by atoms with E-state index in [1.807, 2.05) is 0 Å². The Balaban J connectivity index is 3.94. The number of phosphoric ester groups is 5. The molecule has 0 saturated heterocycles. The molecular formula is C18H43O22P5. The van der Waals surface area contributed by atoms with Gasteiger partial charge in [0, 0.05) is 13.2 Å². The van der Waals surface area contributed by atoms with Crippen LogP contribution in [0.4, 0.5) is 0 Å². The summed E-state index contributed by atoms with van der Waals surface area (Å²) in [6, 6.07) is 0. The van der Waals surface area contributed by atoms with Gasteiger partial charge < -0.3 is 34.7 Å². The highest BCUT2D eigenvalue weighted by molar-refractivity contribution is 7.48. The zero-order valence-electron chi connectivity index (χ0n) is 24.2. The van der Waals surface area contributed by atoms with Crippen LogP contribution in [0.3, 0.4) is 0 Å². The molecule has 0 aliphatic heterocycles. The normalized spacial score (nSPS) is 18.8. The quantitative estimate of drug-likeness (QED) is 0.0380. The molecule has 0 rings (SSSR count). The zero-order chi connectivity index (χ0) is 34.3. The summed E-state index contributed by atoms with van der Waals surface area (Å²) in [4.78, 5) is 47.5. The van der Waals surface area contributed by atoms with Gasteiger partial charge in [-0.15, -0.1) is 0 Å². The molecule has 0 fully saturated rings. The Hall–Kier alpha value is 0.470. The SMILES string of the molecule is O=P(O)(OCCCO)OCCCOP(=O)(O)OCCCOP(=O)(O)OCCCOP(=O)(O)OCCCOP(=O)(O)OCCCO. The van der Waals surface area contributed by atoms with Gasteiger partial charge in [0.25, 0.3) is 0 Å². The van der Waals surface area contributed by atoms with E-state index in [0.29, 0.717) is 0 Å². The lowest BCUT2D eigenvalue weighted by atomic mass is 10.5. The van der Waals surface area contributed by atoms with E-state index in [0.717, 1.165) is 0 Å². The summed E-state index contributed by atoms with van der Waals surface area (Å²) in [5, 5.41) is 17.2. The first-order chi connectivity index (χ1) is 20.9. The smallest absolute Gasteiger partial charge is 0.396 e. The van der Waals surface area contributed by atoms with Gasteiger partial charge >= 0.3 is 39.1 Å². The number of hydrogen-bond acceptors (Lipinski definition) is 17. The predicted octanol–water partition coefficient (Wildman–Crippen LogP) is 1.98. The van der Waals surface area contributed by atoms with Crippen LogP contribution in [-0.2, 0) is 68.1 Å². The summed E-state index contributed by atoms with van der Waals surface area (Å²) in [6.07, 6.45) is -0.137. The van der Waals surface area contributed by atoms with E-state index >= 15 is 0 Å². The molecular weight excluding hydrogens is 723 g/mol. The molecule has 0 aromatic heterocycles. The van der Waals surface area contributed by atoms with Crippen molar-refractivity contribution < 1.29 is 103 Å². The average Bonchev–Trinajstić information content (AvgIpc) is 2.92. The summed E-state index contributed by atoms with van der Waals surface area (Å²) in [7, 11) is -22.2. The molecule has 0 heterocycles. The Bertz CT molecular complexity index is 939. The molecule has 272 valence electrons. The molecule has 0 radical (unpaired) electrons. The van der Waals surface area contributed by atoms with E-state index in [9.17, 15) is 47.3 Å². The number of hydrogen-bond donors (Lipinski definition) is 7. The van der Waals surface area contributed by atoms with Gasteiger partial charge in [-0.25, -0.2) is 22.8 Å². The summed E-state index contributed by atoms with van der Waals surface area (Å²) >= 11 is 0. The first-order valence-electron chi connectivity index (χ1n) is 13.3. The van der Waals surface area contributed by atoms with Crippen LogP contribution in [0.1, 0.15) is 38.5 Å². The molecule has 0 bridgehead atoms. The molecule has 27 heteroatoms. The third kappa shape index (κ3) is 29.1. The molecule has 0 aliphatic rings. The van der Waals surface area contributed by atoms with Crippen LogP contribution in [0.5, 0.6) is 0 Å². The molecule has 7 N–H and O–H groups in total. The molecule has 22 nitrogen and oxygen atoms in total. The predicted molar refractivity (Wildman–Crippen MR) is 151 cm³/mol. The number of aliphatic hydroxyl groups is 2. The fraction of sp³-hybridized carbons (Fsp3) is 1.00. The van der Waals surface area contributed by atoms with Gasteiger partial charge in [-0.05, 0) is 38.5 Å². The van der Waals surface area contributed by atoms with Crippen LogP contribution in [0, 0.1) is 0 Å². The van der Waals surface area contributed by atoms with Gasteiger partial charge in [0.1, 0.15) is 0 Å². The van der Waals surface area contributed by atoms with E-state index in [-0.39, 0.29) is 91.4 Å². The van der Waals surface area contributed by atoms with Crippen LogP contribution in [-0.4, -0.2) is 114 Å². The van der Waals surface area contributed by atoms with Crippen LogP contribution in [0.2, 0.25) is 0 Å². The summed E-state index contributed by atoms with van der Waals surface area (Å²) < 4.78 is 105. The van der Waals surface area contributed by atoms with E-state index in [2.05, 4.69) is 45.2 Å². The first kappa shape index (κ1) is 45.5. The van der Waals surface area contributed by atoms with Gasteiger partial charge in [-0.3, -0.25) is 45.2 Å². The van der Waals surface area contributed by atoms with Crippen molar-refractivity contribution in [1.29, 1.82) is 0 Å². The largest absolute Gasteiger partial charge is 0.472 e. The Morgan fingerprint density at radius 1 is 0.289 bits per heavy atom. The molecule has 0 amide bonds. The highest BCUT2D eigenvalue weighted by atomic mass is 31.2. The maximum Gasteiger partial charge on any atom is 0.472 e. The van der Waals surface area contributed by atoms with Crippen molar-refractivity contribution in [1.82, 2.24) is 0 Å². The van der Waals surface area contributed by atoms with Gasteiger partial charge in [-0.2, -0.15) is 0 Å². The molecule has 45 heavy (non-hydrogen) atoms. The van der Waals surface area contributed by atoms with Gasteiger partial charge in [0.05, 0.1) is 66.1 Å². The molecule has 0 spiro atoms. The molecule has 0 saturated carbocycles. The Kier molecular flexibility index (Phi) is 24.8. The number of aliphatic hydroxyl groups excluding tert-OH is 2. The van der Waals surface area contributed by atoms with Crippen LogP contribution in [0.25, 0.3) is 0 Å². The molecule has 4 unspecified atom stereocenters. The average molecular weight is 766 g/mol. The number of phosphoric acid groups is 5. The van der Waals surface area contributed by atoms with Crippen molar-refractivity contribution in [3.05, 3.63) is 0 Å². The van der Waals surface area contributed by atoms with E-state index in [4.69, 9.17) is 10.2 Å². The summed E-state index contributed by atoms with van der Waals surface area (Å²) in [5.41, 5.74) is 0. The van der Waals surface area contributed by atoms with Gasteiger partial charge in [-0.1, -0.05) is 0 Å². The van der Waals surface area contributed by atoms with Gasteiger partial charge in [0.15, 0.2) is 0 Å². The maximum absolute atomic E-state index is 11.9. The zero-order valence-corrected chi connectivity index (χ0v) is 28.7. The Morgan fingerprint density at radius 2 is 0.422 bits per heavy atom. The van der Waals surface area contributed by atoms with Crippen molar-refractivity contribution in [2.45, 2.75) is 38.5 Å². The summed E-state index contributed by atoms with van der Waals surface area (Å²) in [6.45, 7) is -4.01. The van der Waals surface area contributed by atoms with E-state index in [1.54, 1.807) is 0 Å². The van der Waals surface area contributed by atoms with Crippen molar-refractivity contribution >= 4 is 39.1 Å². The van der Waals surface area contributed by atoms with Crippen molar-refractivity contribution in [3.8, 4) is 0 Å². The van der Waals surface area contributed by atoms with Crippen molar-refractivity contribution in [2.24, 2.45) is 0 Å². The van der Waals surface area contributed by atoms with Crippen LogP contribution in [0.15, 0.2) is 0 Å². The second kappa shape index (κ2) is 24.6. The topological polar surface area (TPSA) is 319 Å². The van der Waals surface area contributed by atoms with E-state index in [1.165, 1.54) is 0 Å². The minimum atomic E-state index is -4.55. The standard InChI is InChI=1S/C18H43O22P5/c19-7-1-9-31-41(21,22)33-11-3-13-35-43(25,26)37-15-5-17-39-45(29,30)40-18-6-16-38-44(27,28)36-14-4-12-34-42(23,24)32-10-2-8-20/h19-20H,1-18H2,(H,21,22)(H,23,24)(H,25,26)(H,27,28)(H,29,30). The minimum absolute atomic E-state index is 0.0698. The fourth-order valence-electron chi connectivity index (χ4n) is 2.35. The third-order valence-electron chi connectivity index (χ3n) is 4.30.